The number of unbranched alkanes of at least 4 members (excludes halogenated alkanes) is 1. The first-order valence-corrected chi connectivity index (χ1v) is 8.42. The Bertz CT molecular complexity index is 686. The highest BCUT2D eigenvalue weighted by atomic mass is 16.5. The number of aryl methyl sites for hydroxylation is 1. The Morgan fingerprint density at radius 3 is 2.36 bits per heavy atom. The van der Waals surface area contributed by atoms with Gasteiger partial charge in [0.15, 0.2) is 0 Å². The predicted octanol–water partition coefficient (Wildman–Crippen LogP) is 2.45. The highest BCUT2D eigenvalue weighted by Crippen LogP contribution is 2.12. The summed E-state index contributed by atoms with van der Waals surface area (Å²) in [6, 6.07) is 17.6. The summed E-state index contributed by atoms with van der Waals surface area (Å²) >= 11 is 0. The van der Waals surface area contributed by atoms with E-state index in [2.05, 4.69) is 22.8 Å². The summed E-state index contributed by atoms with van der Waals surface area (Å²) in [7, 11) is 1.59. The molecule has 0 radical (unpaired) electrons. The van der Waals surface area contributed by atoms with Crippen LogP contribution in [0.5, 0.6) is 5.75 Å². The third kappa shape index (κ3) is 6.67. The number of methoxy groups -OCH3 is 1. The Labute approximate surface area is 148 Å². The zero-order chi connectivity index (χ0) is 17.9. The maximum absolute atomic E-state index is 11.8. The summed E-state index contributed by atoms with van der Waals surface area (Å²) < 4.78 is 5.13. The molecule has 0 atom stereocenters. The van der Waals surface area contributed by atoms with Gasteiger partial charge >= 0.3 is 11.8 Å². The van der Waals surface area contributed by atoms with E-state index in [0.717, 1.165) is 30.6 Å². The van der Waals surface area contributed by atoms with Gasteiger partial charge in [0, 0.05) is 13.1 Å². The van der Waals surface area contributed by atoms with Crippen LogP contribution in [-0.2, 0) is 22.6 Å². The molecule has 0 saturated carbocycles. The van der Waals surface area contributed by atoms with Gasteiger partial charge < -0.3 is 15.4 Å². The minimum Gasteiger partial charge on any atom is -0.497 e. The molecule has 0 bridgehead atoms. The highest BCUT2D eigenvalue weighted by molar-refractivity contribution is 6.35. The van der Waals surface area contributed by atoms with E-state index in [1.807, 2.05) is 42.5 Å². The Hall–Kier alpha value is -2.82. The average Bonchev–Trinajstić information content (AvgIpc) is 2.66. The van der Waals surface area contributed by atoms with Gasteiger partial charge in [0.25, 0.3) is 0 Å². The molecule has 0 heterocycles. The minimum atomic E-state index is -0.620. The number of nitrogens with one attached hydrogen (secondary N) is 2. The highest BCUT2D eigenvalue weighted by Gasteiger charge is 2.12. The molecule has 2 rings (SSSR count). The summed E-state index contributed by atoms with van der Waals surface area (Å²) in [4.78, 5) is 23.6. The quantitative estimate of drug-likeness (QED) is 0.573. The third-order valence-electron chi connectivity index (χ3n) is 3.81. The summed E-state index contributed by atoms with van der Waals surface area (Å²) in [5.41, 5.74) is 2.16. The van der Waals surface area contributed by atoms with Crippen LogP contribution in [0.1, 0.15) is 24.0 Å². The van der Waals surface area contributed by atoms with Crippen molar-refractivity contribution in [2.24, 2.45) is 0 Å². The number of ether oxygens (including phenoxy) is 1. The molecule has 0 fully saturated rings. The largest absolute Gasteiger partial charge is 0.497 e. The van der Waals surface area contributed by atoms with Gasteiger partial charge in [-0.25, -0.2) is 0 Å². The number of carbonyl (C=O) groups excluding carboxylic acids is 2. The molecular formula is C20H24N2O3. The first-order valence-electron chi connectivity index (χ1n) is 8.42. The van der Waals surface area contributed by atoms with Gasteiger partial charge in [0.05, 0.1) is 7.11 Å². The van der Waals surface area contributed by atoms with Crippen LogP contribution in [0.2, 0.25) is 0 Å². The summed E-state index contributed by atoms with van der Waals surface area (Å²) in [6.07, 6.45) is 2.78. The van der Waals surface area contributed by atoms with Gasteiger partial charge in [-0.1, -0.05) is 42.5 Å². The number of hydrogen-bond donors (Lipinski definition) is 2. The average molecular weight is 340 g/mol. The van der Waals surface area contributed by atoms with Crippen LogP contribution in [-0.4, -0.2) is 25.5 Å². The maximum Gasteiger partial charge on any atom is 0.309 e. The van der Waals surface area contributed by atoms with Crippen molar-refractivity contribution in [3.63, 3.8) is 0 Å². The van der Waals surface area contributed by atoms with Crippen molar-refractivity contribution in [1.82, 2.24) is 10.6 Å². The Balaban J connectivity index is 1.62. The molecule has 0 spiro atoms. The molecule has 2 aromatic rings. The molecule has 0 aliphatic heterocycles. The van der Waals surface area contributed by atoms with Crippen molar-refractivity contribution in [2.45, 2.75) is 25.8 Å². The molecule has 0 aliphatic rings. The fourth-order valence-electron chi connectivity index (χ4n) is 2.43. The zero-order valence-corrected chi connectivity index (χ0v) is 14.5. The van der Waals surface area contributed by atoms with Crippen LogP contribution < -0.4 is 15.4 Å². The molecule has 2 amide bonds. The van der Waals surface area contributed by atoms with Crippen molar-refractivity contribution in [3.05, 3.63) is 65.7 Å². The first kappa shape index (κ1) is 18.5. The normalized spacial score (nSPS) is 10.1. The number of rotatable bonds is 8. The number of carbonyl (C=O) groups is 2. The fraction of sp³-hybridized carbons (Fsp3) is 0.300. The van der Waals surface area contributed by atoms with Gasteiger partial charge in [0.1, 0.15) is 5.75 Å². The van der Waals surface area contributed by atoms with Gasteiger partial charge in [-0.05, 0) is 42.5 Å². The van der Waals surface area contributed by atoms with Gasteiger partial charge in [-0.2, -0.15) is 0 Å². The molecule has 132 valence electrons. The third-order valence-corrected chi connectivity index (χ3v) is 3.81. The first-order chi connectivity index (χ1) is 12.2. The van der Waals surface area contributed by atoms with Gasteiger partial charge in [0.2, 0.25) is 0 Å². The SMILES string of the molecule is COc1cccc(CNC(=O)C(=O)NCCCCc2ccccc2)c1. The van der Waals surface area contributed by atoms with E-state index in [0.29, 0.717) is 6.54 Å². The molecule has 0 saturated heterocycles. The smallest absolute Gasteiger partial charge is 0.309 e. The lowest BCUT2D eigenvalue weighted by molar-refractivity contribution is -0.139. The van der Waals surface area contributed by atoms with E-state index in [1.54, 1.807) is 7.11 Å². The van der Waals surface area contributed by atoms with E-state index in [9.17, 15) is 9.59 Å². The summed E-state index contributed by atoms with van der Waals surface area (Å²) in [5.74, 6) is -0.497. The molecule has 5 heteroatoms. The van der Waals surface area contributed by atoms with Crippen molar-refractivity contribution in [3.8, 4) is 5.75 Å². The van der Waals surface area contributed by atoms with Crippen LogP contribution in [0.25, 0.3) is 0 Å². The van der Waals surface area contributed by atoms with Crippen molar-refractivity contribution < 1.29 is 14.3 Å². The fourth-order valence-corrected chi connectivity index (χ4v) is 2.43. The second kappa shape index (κ2) is 10.1. The van der Waals surface area contributed by atoms with Crippen LogP contribution >= 0.6 is 0 Å². The molecule has 5 nitrogen and oxygen atoms in total. The maximum atomic E-state index is 11.8. The summed E-state index contributed by atoms with van der Waals surface area (Å²) in [6.45, 7) is 0.787. The van der Waals surface area contributed by atoms with E-state index < -0.39 is 11.8 Å². The number of hydrogen-bond acceptors (Lipinski definition) is 3. The Morgan fingerprint density at radius 2 is 1.60 bits per heavy atom. The lowest BCUT2D eigenvalue weighted by atomic mass is 10.1. The molecule has 25 heavy (non-hydrogen) atoms. The molecule has 2 aromatic carbocycles. The molecular weight excluding hydrogens is 316 g/mol. The van der Waals surface area contributed by atoms with Crippen molar-refractivity contribution in [2.75, 3.05) is 13.7 Å². The van der Waals surface area contributed by atoms with E-state index in [-0.39, 0.29) is 6.54 Å². The second-order valence-corrected chi connectivity index (χ2v) is 5.73. The predicted molar refractivity (Wildman–Crippen MR) is 97.2 cm³/mol. The monoisotopic (exact) mass is 340 g/mol. The summed E-state index contributed by atoms with van der Waals surface area (Å²) in [5, 5.41) is 5.26. The molecule has 2 N–H and O–H groups in total. The second-order valence-electron chi connectivity index (χ2n) is 5.73. The number of benzene rings is 2. The molecule has 0 unspecified atom stereocenters. The number of amides is 2. The van der Waals surface area contributed by atoms with Crippen LogP contribution in [0.4, 0.5) is 0 Å². The molecule has 0 aliphatic carbocycles. The Kier molecular flexibility index (Phi) is 7.50. The minimum absolute atomic E-state index is 0.289. The topological polar surface area (TPSA) is 67.4 Å². The lowest BCUT2D eigenvalue weighted by Crippen LogP contribution is -2.39. The zero-order valence-electron chi connectivity index (χ0n) is 14.5. The lowest BCUT2D eigenvalue weighted by Gasteiger charge is -2.08. The van der Waals surface area contributed by atoms with Crippen LogP contribution in [0.3, 0.4) is 0 Å². The van der Waals surface area contributed by atoms with E-state index in [1.165, 1.54) is 5.56 Å². The van der Waals surface area contributed by atoms with Gasteiger partial charge in [-0.15, -0.1) is 0 Å². The van der Waals surface area contributed by atoms with E-state index in [4.69, 9.17) is 4.74 Å². The van der Waals surface area contributed by atoms with E-state index >= 15 is 0 Å². The van der Waals surface area contributed by atoms with Crippen LogP contribution in [0.15, 0.2) is 54.6 Å². The van der Waals surface area contributed by atoms with Crippen molar-refractivity contribution >= 4 is 11.8 Å². The van der Waals surface area contributed by atoms with Crippen LogP contribution in [0, 0.1) is 0 Å². The Morgan fingerprint density at radius 1 is 0.880 bits per heavy atom. The van der Waals surface area contributed by atoms with Crippen molar-refractivity contribution in [1.29, 1.82) is 0 Å². The molecule has 0 aromatic heterocycles. The van der Waals surface area contributed by atoms with Gasteiger partial charge in [-0.3, -0.25) is 9.59 Å². The standard InChI is InChI=1S/C20H24N2O3/c1-25-18-12-7-11-17(14-18)15-22-20(24)19(23)21-13-6-5-10-16-8-3-2-4-9-16/h2-4,7-9,11-12,14H,5-6,10,13,15H2,1H3,(H,21,23)(H,22,24).